The third-order valence-corrected chi connectivity index (χ3v) is 6.55. The smallest absolute Gasteiger partial charge is 0.292 e. The first kappa shape index (κ1) is 19.9. The number of piperazine rings is 1. The van der Waals surface area contributed by atoms with Crippen LogP contribution in [0.15, 0.2) is 47.4 Å². The van der Waals surface area contributed by atoms with Crippen LogP contribution >= 0.6 is 0 Å². The summed E-state index contributed by atoms with van der Waals surface area (Å²) in [6.45, 7) is 1.17. The number of rotatable bonds is 6. The van der Waals surface area contributed by atoms with E-state index >= 15 is 0 Å². The van der Waals surface area contributed by atoms with E-state index in [0.717, 1.165) is 0 Å². The van der Waals surface area contributed by atoms with E-state index < -0.39 is 14.9 Å². The topological polar surface area (TPSA) is 102 Å². The Bertz CT molecular complexity index is 971. The fraction of sp³-hybridized carbons (Fsp3) is 0.333. The molecule has 9 nitrogen and oxygen atoms in total. The van der Waals surface area contributed by atoms with Crippen LogP contribution in [0.3, 0.4) is 0 Å². The van der Waals surface area contributed by atoms with Gasteiger partial charge in [0, 0.05) is 38.3 Å². The quantitative estimate of drug-likeness (QED) is 0.534. The number of anilines is 1. The Morgan fingerprint density at radius 3 is 2.21 bits per heavy atom. The Morgan fingerprint density at radius 2 is 1.61 bits per heavy atom. The van der Waals surface area contributed by atoms with E-state index in [4.69, 9.17) is 9.47 Å². The van der Waals surface area contributed by atoms with E-state index in [0.29, 0.717) is 30.3 Å². The van der Waals surface area contributed by atoms with Gasteiger partial charge in [0.25, 0.3) is 5.69 Å². The van der Waals surface area contributed by atoms with E-state index in [1.165, 1.54) is 36.7 Å². The van der Waals surface area contributed by atoms with E-state index in [2.05, 4.69) is 0 Å². The van der Waals surface area contributed by atoms with Crippen molar-refractivity contribution < 1.29 is 22.8 Å². The molecule has 2 aromatic carbocycles. The summed E-state index contributed by atoms with van der Waals surface area (Å²) in [6, 6.07) is 10.9. The Balaban J connectivity index is 1.78. The number of nitro benzene ring substituents is 1. The molecule has 150 valence electrons. The van der Waals surface area contributed by atoms with E-state index in [1.54, 1.807) is 24.3 Å². The Hall–Kier alpha value is -2.85. The molecule has 1 saturated heterocycles. The predicted molar refractivity (Wildman–Crippen MR) is 104 cm³/mol. The number of ether oxygens (including phenoxy) is 2. The molecule has 0 radical (unpaired) electrons. The molecule has 1 aliphatic rings. The summed E-state index contributed by atoms with van der Waals surface area (Å²) in [5.41, 5.74) is 0.509. The normalized spacial score (nSPS) is 15.3. The highest BCUT2D eigenvalue weighted by molar-refractivity contribution is 7.89. The first-order valence-corrected chi connectivity index (χ1v) is 10.0. The lowest BCUT2D eigenvalue weighted by molar-refractivity contribution is -0.384. The van der Waals surface area contributed by atoms with Crippen LogP contribution in [-0.4, -0.2) is 58.0 Å². The summed E-state index contributed by atoms with van der Waals surface area (Å²) in [6.07, 6.45) is 0. The molecule has 0 aromatic heterocycles. The Kier molecular flexibility index (Phi) is 5.71. The van der Waals surface area contributed by atoms with E-state index in [-0.39, 0.29) is 23.7 Å². The molecule has 1 heterocycles. The molecule has 2 aromatic rings. The minimum atomic E-state index is -3.71. The fourth-order valence-electron chi connectivity index (χ4n) is 3.18. The van der Waals surface area contributed by atoms with Crippen LogP contribution in [0, 0.1) is 10.1 Å². The van der Waals surface area contributed by atoms with Crippen molar-refractivity contribution in [3.05, 3.63) is 52.6 Å². The van der Waals surface area contributed by atoms with E-state index in [9.17, 15) is 18.5 Å². The van der Waals surface area contributed by atoms with Gasteiger partial charge in [-0.15, -0.1) is 0 Å². The lowest BCUT2D eigenvalue weighted by Gasteiger charge is -2.35. The van der Waals surface area contributed by atoms with Crippen LogP contribution in [-0.2, 0) is 10.0 Å². The third-order valence-electron chi connectivity index (χ3n) is 4.65. The highest BCUT2D eigenvalue weighted by atomic mass is 32.2. The monoisotopic (exact) mass is 407 g/mol. The molecular formula is C18H21N3O6S. The predicted octanol–water partition coefficient (Wildman–Crippen LogP) is 2.12. The number of benzene rings is 2. The second-order valence-corrected chi connectivity index (χ2v) is 8.09. The van der Waals surface area contributed by atoms with Gasteiger partial charge < -0.3 is 14.4 Å². The maximum absolute atomic E-state index is 13.0. The third kappa shape index (κ3) is 3.73. The lowest BCUT2D eigenvalue weighted by atomic mass is 10.2. The van der Waals surface area contributed by atoms with Gasteiger partial charge in [-0.1, -0.05) is 12.1 Å². The minimum absolute atomic E-state index is 0.0127. The van der Waals surface area contributed by atoms with Gasteiger partial charge in [0.05, 0.1) is 24.0 Å². The average Bonchev–Trinajstić information content (AvgIpc) is 2.73. The van der Waals surface area contributed by atoms with Crippen LogP contribution in [0.4, 0.5) is 11.4 Å². The molecule has 0 bridgehead atoms. The molecule has 10 heteroatoms. The van der Waals surface area contributed by atoms with Gasteiger partial charge in [0.15, 0.2) is 11.5 Å². The van der Waals surface area contributed by atoms with Gasteiger partial charge in [-0.05, 0) is 18.2 Å². The molecule has 3 rings (SSSR count). The molecule has 28 heavy (non-hydrogen) atoms. The SMILES string of the molecule is COc1ccc(S(=O)(=O)N2CCN(c3ccccc3[N+](=O)[O-])CC2)cc1OC. The van der Waals surface area contributed by atoms with Gasteiger partial charge in [-0.3, -0.25) is 10.1 Å². The number of hydrogen-bond acceptors (Lipinski definition) is 7. The second-order valence-electron chi connectivity index (χ2n) is 6.15. The minimum Gasteiger partial charge on any atom is -0.493 e. The highest BCUT2D eigenvalue weighted by Crippen LogP contribution is 2.32. The molecule has 0 saturated carbocycles. The second kappa shape index (κ2) is 8.03. The fourth-order valence-corrected chi connectivity index (χ4v) is 4.62. The highest BCUT2D eigenvalue weighted by Gasteiger charge is 2.31. The zero-order valence-electron chi connectivity index (χ0n) is 15.6. The molecule has 0 aliphatic carbocycles. The zero-order valence-corrected chi connectivity index (χ0v) is 16.4. The van der Waals surface area contributed by atoms with Crippen molar-refractivity contribution in [1.29, 1.82) is 0 Å². The lowest BCUT2D eigenvalue weighted by Crippen LogP contribution is -2.48. The summed E-state index contributed by atoms with van der Waals surface area (Å²) in [7, 11) is -0.790. The van der Waals surface area contributed by atoms with Gasteiger partial charge in [-0.25, -0.2) is 8.42 Å². The van der Waals surface area contributed by atoms with Gasteiger partial charge >= 0.3 is 0 Å². The van der Waals surface area contributed by atoms with E-state index in [1.807, 2.05) is 4.90 Å². The maximum Gasteiger partial charge on any atom is 0.292 e. The standard InChI is InChI=1S/C18H21N3O6S/c1-26-17-8-7-14(13-18(17)27-2)28(24,25)20-11-9-19(10-12-20)15-5-3-4-6-16(15)21(22)23/h3-8,13H,9-12H2,1-2H3. The molecule has 0 atom stereocenters. The average molecular weight is 407 g/mol. The molecule has 0 spiro atoms. The molecular weight excluding hydrogens is 386 g/mol. The molecule has 0 amide bonds. The number of nitrogens with zero attached hydrogens (tertiary/aromatic N) is 3. The van der Waals surface area contributed by atoms with Crippen molar-refractivity contribution in [3.8, 4) is 11.5 Å². The van der Waals surface area contributed by atoms with Crippen LogP contribution in [0.5, 0.6) is 11.5 Å². The number of hydrogen-bond donors (Lipinski definition) is 0. The first-order chi connectivity index (χ1) is 13.4. The molecule has 0 unspecified atom stereocenters. The van der Waals surface area contributed by atoms with Crippen LogP contribution in [0.2, 0.25) is 0 Å². The van der Waals surface area contributed by atoms with Crippen molar-refractivity contribution in [1.82, 2.24) is 4.31 Å². The van der Waals surface area contributed by atoms with Crippen molar-refractivity contribution in [2.75, 3.05) is 45.3 Å². The number of nitro groups is 1. The number of para-hydroxylation sites is 2. The largest absolute Gasteiger partial charge is 0.493 e. The summed E-state index contributed by atoms with van der Waals surface area (Å²) in [4.78, 5) is 12.8. The van der Waals surface area contributed by atoms with Gasteiger partial charge in [0.1, 0.15) is 5.69 Å². The summed E-state index contributed by atoms with van der Waals surface area (Å²) in [5.74, 6) is 0.782. The van der Waals surface area contributed by atoms with Crippen LogP contribution < -0.4 is 14.4 Å². The van der Waals surface area contributed by atoms with Crippen LogP contribution in [0.25, 0.3) is 0 Å². The van der Waals surface area contributed by atoms with Crippen molar-refractivity contribution in [2.24, 2.45) is 0 Å². The summed E-state index contributed by atoms with van der Waals surface area (Å²) in [5, 5.41) is 11.2. The Morgan fingerprint density at radius 1 is 0.964 bits per heavy atom. The Labute approximate surface area is 163 Å². The van der Waals surface area contributed by atoms with Crippen molar-refractivity contribution in [2.45, 2.75) is 4.90 Å². The molecule has 0 N–H and O–H groups in total. The molecule has 1 aliphatic heterocycles. The van der Waals surface area contributed by atoms with Gasteiger partial charge in [0.2, 0.25) is 10.0 Å². The van der Waals surface area contributed by atoms with Crippen molar-refractivity contribution in [3.63, 3.8) is 0 Å². The van der Waals surface area contributed by atoms with Crippen molar-refractivity contribution >= 4 is 21.4 Å². The summed E-state index contributed by atoms with van der Waals surface area (Å²) >= 11 is 0. The zero-order chi connectivity index (χ0) is 20.3. The maximum atomic E-state index is 13.0. The van der Waals surface area contributed by atoms with Gasteiger partial charge in [-0.2, -0.15) is 4.31 Å². The van der Waals surface area contributed by atoms with Crippen LogP contribution in [0.1, 0.15) is 0 Å². The number of sulfonamides is 1. The first-order valence-electron chi connectivity index (χ1n) is 8.59. The number of methoxy groups -OCH3 is 2. The summed E-state index contributed by atoms with van der Waals surface area (Å²) < 4.78 is 37.7. The molecule has 1 fully saturated rings.